The minimum absolute atomic E-state index is 0.186. The van der Waals surface area contributed by atoms with Crippen LogP contribution in [0.1, 0.15) is 23.2 Å². The Kier molecular flexibility index (Phi) is 5.38. The van der Waals surface area contributed by atoms with E-state index in [2.05, 4.69) is 32.9 Å². The summed E-state index contributed by atoms with van der Waals surface area (Å²) in [5.41, 5.74) is 0.156. The number of H-pyrrole nitrogens is 1. The van der Waals surface area contributed by atoms with Crippen LogP contribution in [0.5, 0.6) is 0 Å². The zero-order valence-electron chi connectivity index (χ0n) is 8.25. The van der Waals surface area contributed by atoms with E-state index in [9.17, 15) is 9.59 Å². The van der Waals surface area contributed by atoms with Gasteiger partial charge in [0, 0.05) is 24.4 Å². The van der Waals surface area contributed by atoms with Gasteiger partial charge in [0.15, 0.2) is 0 Å². The largest absolute Gasteiger partial charge is 0.352 e. The Hall–Kier alpha value is -0.850. The highest BCUT2D eigenvalue weighted by molar-refractivity contribution is 14.1. The average molecular weight is 320 g/mol. The molecule has 0 saturated heterocycles. The predicted octanol–water partition coefficient (Wildman–Crippen LogP) is 1.32. The Morgan fingerprint density at radius 1 is 1.47 bits per heavy atom. The Labute approximate surface area is 102 Å². The summed E-state index contributed by atoms with van der Waals surface area (Å²) in [4.78, 5) is 24.9. The van der Waals surface area contributed by atoms with Crippen molar-refractivity contribution in [3.8, 4) is 0 Å². The van der Waals surface area contributed by atoms with Crippen molar-refractivity contribution >= 4 is 28.5 Å². The number of alkyl halides is 1. The van der Waals surface area contributed by atoms with Gasteiger partial charge in [-0.25, -0.2) is 0 Å². The van der Waals surface area contributed by atoms with Crippen LogP contribution in [0.2, 0.25) is 0 Å². The Bertz CT molecular complexity index is 376. The van der Waals surface area contributed by atoms with Gasteiger partial charge in [-0.15, -0.1) is 0 Å². The van der Waals surface area contributed by atoms with E-state index in [0.29, 0.717) is 12.1 Å². The van der Waals surface area contributed by atoms with Crippen LogP contribution in [-0.4, -0.2) is 21.9 Å². The Morgan fingerprint density at radius 2 is 2.27 bits per heavy atom. The molecule has 0 aliphatic heterocycles. The predicted molar refractivity (Wildman–Crippen MR) is 67.5 cm³/mol. The van der Waals surface area contributed by atoms with Crippen molar-refractivity contribution in [2.45, 2.75) is 12.8 Å². The minimum Gasteiger partial charge on any atom is -0.352 e. The van der Waals surface area contributed by atoms with Crippen LogP contribution in [-0.2, 0) is 0 Å². The van der Waals surface area contributed by atoms with Gasteiger partial charge >= 0.3 is 0 Å². The molecule has 0 aromatic carbocycles. The monoisotopic (exact) mass is 320 g/mol. The molecule has 1 heterocycles. The Balaban J connectivity index is 2.44. The van der Waals surface area contributed by atoms with E-state index in [0.717, 1.165) is 17.3 Å². The number of unbranched alkanes of at least 4 members (excludes halogenated alkanes) is 1. The number of nitrogens with one attached hydrogen (secondary N) is 2. The van der Waals surface area contributed by atoms with Crippen molar-refractivity contribution < 1.29 is 4.79 Å². The highest BCUT2D eigenvalue weighted by Gasteiger charge is 2.03. The maximum Gasteiger partial charge on any atom is 0.251 e. The van der Waals surface area contributed by atoms with E-state index in [1.807, 2.05) is 0 Å². The highest BCUT2D eigenvalue weighted by atomic mass is 127. The van der Waals surface area contributed by atoms with Crippen LogP contribution in [0.15, 0.2) is 23.1 Å². The third kappa shape index (κ3) is 4.46. The Morgan fingerprint density at radius 3 is 2.93 bits per heavy atom. The molecule has 0 spiro atoms. The van der Waals surface area contributed by atoms with Gasteiger partial charge in [0.05, 0.1) is 0 Å². The van der Waals surface area contributed by atoms with Crippen LogP contribution in [0.4, 0.5) is 0 Å². The molecule has 1 rings (SSSR count). The molecule has 2 N–H and O–H groups in total. The second-order valence-electron chi connectivity index (χ2n) is 3.09. The molecule has 4 nitrogen and oxygen atoms in total. The van der Waals surface area contributed by atoms with Crippen molar-refractivity contribution in [3.63, 3.8) is 0 Å². The van der Waals surface area contributed by atoms with Crippen molar-refractivity contribution in [3.05, 3.63) is 34.2 Å². The molecule has 0 aliphatic carbocycles. The van der Waals surface area contributed by atoms with Gasteiger partial charge < -0.3 is 10.3 Å². The second-order valence-corrected chi connectivity index (χ2v) is 4.17. The van der Waals surface area contributed by atoms with E-state index in [1.165, 1.54) is 12.3 Å². The lowest BCUT2D eigenvalue weighted by molar-refractivity contribution is 0.0953. The quantitative estimate of drug-likeness (QED) is 0.488. The third-order valence-electron chi connectivity index (χ3n) is 1.88. The van der Waals surface area contributed by atoms with Gasteiger partial charge in [0.2, 0.25) is 5.56 Å². The van der Waals surface area contributed by atoms with Crippen LogP contribution < -0.4 is 10.9 Å². The van der Waals surface area contributed by atoms with Crippen LogP contribution in [0.25, 0.3) is 0 Å². The van der Waals surface area contributed by atoms with Crippen LogP contribution >= 0.6 is 22.6 Å². The SMILES string of the molecule is O=C(NCCCCI)c1cc[nH]c(=O)c1. The smallest absolute Gasteiger partial charge is 0.251 e. The molecule has 5 heteroatoms. The number of rotatable bonds is 5. The van der Waals surface area contributed by atoms with Crippen molar-refractivity contribution in [2.75, 3.05) is 11.0 Å². The summed E-state index contributed by atoms with van der Waals surface area (Å²) < 4.78 is 1.10. The second kappa shape index (κ2) is 6.60. The molecule has 0 radical (unpaired) electrons. The third-order valence-corrected chi connectivity index (χ3v) is 2.65. The zero-order chi connectivity index (χ0) is 11.1. The number of halogens is 1. The van der Waals surface area contributed by atoms with Crippen LogP contribution in [0, 0.1) is 0 Å². The first-order chi connectivity index (χ1) is 7.24. The lowest BCUT2D eigenvalue weighted by Gasteiger charge is -2.03. The fourth-order valence-corrected chi connectivity index (χ4v) is 1.65. The molecule has 0 fully saturated rings. The average Bonchev–Trinajstić information content (AvgIpc) is 2.24. The van der Waals surface area contributed by atoms with Gasteiger partial charge in [-0.05, 0) is 23.3 Å². The summed E-state index contributed by atoms with van der Waals surface area (Å²) in [6.45, 7) is 0.661. The van der Waals surface area contributed by atoms with Crippen molar-refractivity contribution in [1.82, 2.24) is 10.3 Å². The number of amides is 1. The number of hydrogen-bond acceptors (Lipinski definition) is 2. The topological polar surface area (TPSA) is 62.0 Å². The fraction of sp³-hybridized carbons (Fsp3) is 0.400. The molecule has 1 aromatic rings. The maximum absolute atomic E-state index is 11.5. The van der Waals surface area contributed by atoms with Crippen LogP contribution in [0.3, 0.4) is 0 Å². The van der Waals surface area contributed by atoms with Gasteiger partial charge in [0.1, 0.15) is 0 Å². The number of carbonyl (C=O) groups excluding carboxylic acids is 1. The number of pyridine rings is 1. The van der Waals surface area contributed by atoms with E-state index < -0.39 is 0 Å². The summed E-state index contributed by atoms with van der Waals surface area (Å²) in [5, 5.41) is 2.77. The zero-order valence-corrected chi connectivity index (χ0v) is 10.4. The molecule has 0 saturated carbocycles. The maximum atomic E-state index is 11.5. The first kappa shape index (κ1) is 12.2. The highest BCUT2D eigenvalue weighted by Crippen LogP contribution is 1.95. The molecule has 0 unspecified atom stereocenters. The fourth-order valence-electron chi connectivity index (χ4n) is 1.11. The molecule has 1 aromatic heterocycles. The molecule has 15 heavy (non-hydrogen) atoms. The van der Waals surface area contributed by atoms with E-state index in [4.69, 9.17) is 0 Å². The van der Waals surface area contributed by atoms with Crippen molar-refractivity contribution in [2.24, 2.45) is 0 Å². The molecule has 0 bridgehead atoms. The lowest BCUT2D eigenvalue weighted by Crippen LogP contribution is -2.25. The van der Waals surface area contributed by atoms with Gasteiger partial charge in [-0.3, -0.25) is 9.59 Å². The molecule has 82 valence electrons. The molecule has 1 amide bonds. The number of hydrogen-bond donors (Lipinski definition) is 2. The molecule has 0 atom stereocenters. The molecule has 0 aliphatic rings. The van der Waals surface area contributed by atoms with E-state index in [-0.39, 0.29) is 11.5 Å². The summed E-state index contributed by atoms with van der Waals surface area (Å²) in [6.07, 6.45) is 3.54. The first-order valence-corrected chi connectivity index (χ1v) is 6.29. The summed E-state index contributed by atoms with van der Waals surface area (Å²) >= 11 is 2.30. The van der Waals surface area contributed by atoms with Gasteiger partial charge in [-0.2, -0.15) is 0 Å². The van der Waals surface area contributed by atoms with E-state index in [1.54, 1.807) is 6.07 Å². The number of carbonyl (C=O) groups is 1. The minimum atomic E-state index is -0.255. The van der Waals surface area contributed by atoms with Gasteiger partial charge in [0.25, 0.3) is 5.91 Å². The summed E-state index contributed by atoms with van der Waals surface area (Å²) in [5.74, 6) is -0.186. The standard InChI is InChI=1S/C10H13IN2O2/c11-4-1-2-5-13-10(15)8-3-6-12-9(14)7-8/h3,6-7H,1-2,4-5H2,(H,12,14)(H,13,15). The summed E-state index contributed by atoms with van der Waals surface area (Å²) in [6, 6.07) is 2.89. The van der Waals surface area contributed by atoms with E-state index >= 15 is 0 Å². The normalized spacial score (nSPS) is 9.93. The molecular weight excluding hydrogens is 307 g/mol. The van der Waals surface area contributed by atoms with Crippen molar-refractivity contribution in [1.29, 1.82) is 0 Å². The summed E-state index contributed by atoms with van der Waals surface area (Å²) in [7, 11) is 0. The lowest BCUT2D eigenvalue weighted by atomic mass is 10.2. The first-order valence-electron chi connectivity index (χ1n) is 4.77. The number of aromatic nitrogens is 1. The number of aromatic amines is 1. The van der Waals surface area contributed by atoms with Gasteiger partial charge in [-0.1, -0.05) is 22.6 Å². The molecular formula is C10H13IN2O2.